The monoisotopic (exact) mass is 296 g/mol. The van der Waals surface area contributed by atoms with Gasteiger partial charge in [0.05, 0.1) is 5.01 Å². The standard InChI is InChI=1S/C13H20N4S2/c1-4-10-8-15-12(18-10)5-6-14-13-16-11(17-19-13)7-9(2)3/h8-9H,4-7H2,1-3H3,(H,14,16,17). The lowest BCUT2D eigenvalue weighted by Crippen LogP contribution is -2.04. The molecule has 0 aliphatic rings. The van der Waals surface area contributed by atoms with E-state index in [9.17, 15) is 0 Å². The van der Waals surface area contributed by atoms with Gasteiger partial charge in [0, 0.05) is 42.0 Å². The highest BCUT2D eigenvalue weighted by Gasteiger charge is 2.06. The van der Waals surface area contributed by atoms with E-state index in [-0.39, 0.29) is 0 Å². The molecular weight excluding hydrogens is 276 g/mol. The van der Waals surface area contributed by atoms with Gasteiger partial charge in [-0.2, -0.15) is 4.37 Å². The molecule has 0 aliphatic carbocycles. The third-order valence-corrected chi connectivity index (χ3v) is 4.54. The largest absolute Gasteiger partial charge is 0.360 e. The Bertz CT molecular complexity index is 504. The number of nitrogens with zero attached hydrogens (tertiary/aromatic N) is 3. The number of aryl methyl sites for hydroxylation is 1. The molecule has 0 atom stereocenters. The molecule has 0 radical (unpaired) electrons. The average molecular weight is 296 g/mol. The van der Waals surface area contributed by atoms with Crippen molar-refractivity contribution < 1.29 is 0 Å². The number of nitrogens with one attached hydrogen (secondary N) is 1. The number of thiazole rings is 1. The molecule has 2 aromatic heterocycles. The molecule has 0 aliphatic heterocycles. The van der Waals surface area contributed by atoms with Crippen LogP contribution in [0.4, 0.5) is 5.13 Å². The molecule has 6 heteroatoms. The molecule has 2 heterocycles. The van der Waals surface area contributed by atoms with Gasteiger partial charge in [0.1, 0.15) is 5.82 Å². The molecule has 0 bridgehead atoms. The maximum absolute atomic E-state index is 4.48. The molecule has 0 saturated heterocycles. The van der Waals surface area contributed by atoms with Crippen LogP contribution in [0.25, 0.3) is 0 Å². The van der Waals surface area contributed by atoms with Crippen molar-refractivity contribution in [2.75, 3.05) is 11.9 Å². The summed E-state index contributed by atoms with van der Waals surface area (Å²) in [5.74, 6) is 1.55. The Kier molecular flexibility index (Phi) is 5.27. The van der Waals surface area contributed by atoms with Crippen LogP contribution >= 0.6 is 22.9 Å². The van der Waals surface area contributed by atoms with E-state index < -0.39 is 0 Å². The van der Waals surface area contributed by atoms with E-state index in [2.05, 4.69) is 40.4 Å². The molecule has 0 aromatic carbocycles. The molecule has 19 heavy (non-hydrogen) atoms. The fraction of sp³-hybridized carbons (Fsp3) is 0.615. The summed E-state index contributed by atoms with van der Waals surface area (Å²) >= 11 is 3.25. The zero-order valence-corrected chi connectivity index (χ0v) is 13.3. The van der Waals surface area contributed by atoms with Crippen LogP contribution in [0.15, 0.2) is 6.20 Å². The van der Waals surface area contributed by atoms with Crippen LogP contribution in [0.1, 0.15) is 36.5 Å². The Morgan fingerprint density at radius 2 is 2.21 bits per heavy atom. The van der Waals surface area contributed by atoms with E-state index >= 15 is 0 Å². The molecule has 4 nitrogen and oxygen atoms in total. The number of aromatic nitrogens is 3. The van der Waals surface area contributed by atoms with E-state index in [1.807, 2.05) is 6.20 Å². The SMILES string of the molecule is CCc1cnc(CCNc2nc(CC(C)C)ns2)s1. The maximum Gasteiger partial charge on any atom is 0.202 e. The van der Waals surface area contributed by atoms with E-state index in [0.29, 0.717) is 5.92 Å². The number of rotatable bonds is 7. The zero-order chi connectivity index (χ0) is 13.7. The Balaban J connectivity index is 1.77. The van der Waals surface area contributed by atoms with Crippen molar-refractivity contribution >= 4 is 28.0 Å². The van der Waals surface area contributed by atoms with Gasteiger partial charge in [0.25, 0.3) is 0 Å². The fourth-order valence-corrected chi connectivity index (χ4v) is 3.16. The second-order valence-corrected chi connectivity index (χ2v) is 6.82. The predicted octanol–water partition coefficient (Wildman–Crippen LogP) is 3.41. The maximum atomic E-state index is 4.48. The first kappa shape index (κ1) is 14.4. The van der Waals surface area contributed by atoms with Crippen LogP contribution in [0.5, 0.6) is 0 Å². The van der Waals surface area contributed by atoms with Crippen molar-refractivity contribution in [3.63, 3.8) is 0 Å². The minimum absolute atomic E-state index is 0.602. The molecular formula is C13H20N4S2. The van der Waals surface area contributed by atoms with E-state index in [1.165, 1.54) is 21.4 Å². The van der Waals surface area contributed by atoms with Gasteiger partial charge in [-0.1, -0.05) is 20.8 Å². The Morgan fingerprint density at radius 3 is 2.89 bits per heavy atom. The van der Waals surface area contributed by atoms with Crippen molar-refractivity contribution in [3.05, 3.63) is 21.9 Å². The summed E-state index contributed by atoms with van der Waals surface area (Å²) in [6.07, 6.45) is 4.94. The molecule has 0 spiro atoms. The zero-order valence-electron chi connectivity index (χ0n) is 11.6. The number of hydrogen-bond acceptors (Lipinski definition) is 6. The van der Waals surface area contributed by atoms with Crippen LogP contribution in [0.3, 0.4) is 0 Å². The lowest BCUT2D eigenvalue weighted by Gasteiger charge is -1.99. The number of hydrogen-bond donors (Lipinski definition) is 1. The van der Waals surface area contributed by atoms with Crippen LogP contribution in [-0.4, -0.2) is 20.9 Å². The summed E-state index contributed by atoms with van der Waals surface area (Å²) in [6.45, 7) is 7.39. The fourth-order valence-electron chi connectivity index (χ4n) is 1.68. The highest BCUT2D eigenvalue weighted by Crippen LogP contribution is 2.16. The summed E-state index contributed by atoms with van der Waals surface area (Å²) in [7, 11) is 0. The molecule has 0 unspecified atom stereocenters. The highest BCUT2D eigenvalue weighted by molar-refractivity contribution is 7.11. The highest BCUT2D eigenvalue weighted by atomic mass is 32.1. The first-order valence-electron chi connectivity index (χ1n) is 6.67. The van der Waals surface area contributed by atoms with Crippen molar-refractivity contribution in [3.8, 4) is 0 Å². The normalized spacial score (nSPS) is 11.2. The minimum Gasteiger partial charge on any atom is -0.360 e. The Labute approximate surface area is 122 Å². The molecule has 0 saturated carbocycles. The summed E-state index contributed by atoms with van der Waals surface area (Å²) in [6, 6.07) is 0. The molecule has 1 N–H and O–H groups in total. The van der Waals surface area contributed by atoms with E-state index in [0.717, 1.165) is 36.8 Å². The third-order valence-electron chi connectivity index (χ3n) is 2.62. The van der Waals surface area contributed by atoms with Gasteiger partial charge in [-0.25, -0.2) is 9.97 Å². The summed E-state index contributed by atoms with van der Waals surface area (Å²) in [5.41, 5.74) is 0. The van der Waals surface area contributed by atoms with Crippen molar-refractivity contribution in [1.82, 2.24) is 14.3 Å². The summed E-state index contributed by atoms with van der Waals surface area (Å²) in [5, 5.41) is 5.44. The number of anilines is 1. The van der Waals surface area contributed by atoms with Gasteiger partial charge in [0.2, 0.25) is 5.13 Å². The van der Waals surface area contributed by atoms with Crippen LogP contribution in [0, 0.1) is 5.92 Å². The Hall–Kier alpha value is -1.01. The first-order chi connectivity index (χ1) is 9.17. The summed E-state index contributed by atoms with van der Waals surface area (Å²) < 4.78 is 4.35. The molecule has 0 amide bonds. The molecule has 2 rings (SSSR count). The first-order valence-corrected chi connectivity index (χ1v) is 8.26. The lowest BCUT2D eigenvalue weighted by molar-refractivity contribution is 0.627. The third kappa shape index (κ3) is 4.54. The van der Waals surface area contributed by atoms with Gasteiger partial charge in [-0.3, -0.25) is 0 Å². The second kappa shape index (κ2) is 6.96. The van der Waals surface area contributed by atoms with Crippen molar-refractivity contribution in [1.29, 1.82) is 0 Å². The topological polar surface area (TPSA) is 50.7 Å². The predicted molar refractivity (Wildman–Crippen MR) is 82.1 cm³/mol. The quantitative estimate of drug-likeness (QED) is 0.850. The van der Waals surface area contributed by atoms with Gasteiger partial charge in [0.15, 0.2) is 0 Å². The molecule has 0 fully saturated rings. The van der Waals surface area contributed by atoms with Crippen molar-refractivity contribution in [2.24, 2.45) is 5.92 Å². The van der Waals surface area contributed by atoms with Crippen LogP contribution in [0.2, 0.25) is 0 Å². The van der Waals surface area contributed by atoms with Gasteiger partial charge < -0.3 is 5.32 Å². The van der Waals surface area contributed by atoms with Crippen LogP contribution in [-0.2, 0) is 19.3 Å². The molecule has 104 valence electrons. The lowest BCUT2D eigenvalue weighted by atomic mass is 10.1. The smallest absolute Gasteiger partial charge is 0.202 e. The van der Waals surface area contributed by atoms with E-state index in [1.54, 1.807) is 11.3 Å². The molecule has 2 aromatic rings. The van der Waals surface area contributed by atoms with Gasteiger partial charge in [-0.15, -0.1) is 11.3 Å². The minimum atomic E-state index is 0.602. The van der Waals surface area contributed by atoms with E-state index in [4.69, 9.17) is 0 Å². The van der Waals surface area contributed by atoms with Crippen molar-refractivity contribution in [2.45, 2.75) is 40.0 Å². The van der Waals surface area contributed by atoms with Gasteiger partial charge in [-0.05, 0) is 12.3 Å². The average Bonchev–Trinajstić information content (AvgIpc) is 2.98. The van der Waals surface area contributed by atoms with Crippen LogP contribution < -0.4 is 5.32 Å². The van der Waals surface area contributed by atoms with Gasteiger partial charge >= 0.3 is 0 Å². The second-order valence-electron chi connectivity index (χ2n) is 4.86. The Morgan fingerprint density at radius 1 is 1.37 bits per heavy atom. The summed E-state index contributed by atoms with van der Waals surface area (Å²) in [4.78, 5) is 10.2.